The zero-order valence-electron chi connectivity index (χ0n) is 14.5. The molecule has 5 nitrogen and oxygen atoms in total. The van der Waals surface area contributed by atoms with Crippen molar-refractivity contribution >= 4 is 29.2 Å². The summed E-state index contributed by atoms with van der Waals surface area (Å²) in [6.07, 6.45) is 0. The summed E-state index contributed by atoms with van der Waals surface area (Å²) in [4.78, 5) is 25.1. The highest BCUT2D eigenvalue weighted by Gasteiger charge is 2.59. The van der Waals surface area contributed by atoms with Gasteiger partial charge in [0.05, 0.1) is 26.1 Å². The Morgan fingerprint density at radius 3 is 1.58 bits per heavy atom. The molecule has 1 aliphatic carbocycles. The molecule has 2 N–H and O–H groups in total. The van der Waals surface area contributed by atoms with Crippen molar-refractivity contribution in [2.75, 3.05) is 20.0 Å². The number of nitrogen functional groups attached to an aromatic ring is 1. The lowest BCUT2D eigenvalue weighted by Crippen LogP contribution is -2.51. The lowest BCUT2D eigenvalue weighted by atomic mass is 9.52. The molecule has 1 aliphatic rings. The molecule has 1 saturated carbocycles. The topological polar surface area (TPSA) is 78.6 Å². The predicted molar refractivity (Wildman–Crippen MR) is 98.8 cm³/mol. The van der Waals surface area contributed by atoms with E-state index in [1.807, 2.05) is 24.3 Å². The third-order valence-electron chi connectivity index (χ3n) is 5.07. The first kappa shape index (κ1) is 18.3. The number of hydrogen-bond acceptors (Lipinski definition) is 5. The predicted octanol–water partition coefficient (Wildman–Crippen LogP) is 3.38. The number of ether oxygens (including phenoxy) is 2. The molecule has 3 rings (SSSR count). The monoisotopic (exact) mass is 373 g/mol. The van der Waals surface area contributed by atoms with Crippen LogP contribution in [0.2, 0.25) is 5.02 Å². The fraction of sp³-hybridized carbons (Fsp3) is 0.300. The molecule has 0 amide bonds. The van der Waals surface area contributed by atoms with E-state index in [0.29, 0.717) is 10.7 Å². The van der Waals surface area contributed by atoms with Gasteiger partial charge in [-0.3, -0.25) is 9.59 Å². The number of rotatable bonds is 4. The Morgan fingerprint density at radius 2 is 1.19 bits per heavy atom. The van der Waals surface area contributed by atoms with Gasteiger partial charge in [-0.2, -0.15) is 0 Å². The minimum atomic E-state index is -0.492. The van der Waals surface area contributed by atoms with E-state index in [0.717, 1.165) is 11.1 Å². The van der Waals surface area contributed by atoms with E-state index < -0.39 is 11.8 Å². The van der Waals surface area contributed by atoms with Gasteiger partial charge in [0.2, 0.25) is 0 Å². The molecule has 0 aromatic heterocycles. The van der Waals surface area contributed by atoms with Crippen LogP contribution in [0.4, 0.5) is 5.69 Å². The van der Waals surface area contributed by atoms with Gasteiger partial charge in [0.25, 0.3) is 0 Å². The molecule has 0 heterocycles. The van der Waals surface area contributed by atoms with Crippen molar-refractivity contribution in [3.05, 3.63) is 64.7 Å². The number of methoxy groups -OCH3 is 2. The number of anilines is 1. The molecule has 2 aromatic carbocycles. The highest BCUT2D eigenvalue weighted by atomic mass is 35.5. The fourth-order valence-electron chi connectivity index (χ4n) is 3.84. The Kier molecular flexibility index (Phi) is 5.18. The van der Waals surface area contributed by atoms with Gasteiger partial charge in [0.15, 0.2) is 0 Å². The maximum Gasteiger partial charge on any atom is 0.309 e. The summed E-state index contributed by atoms with van der Waals surface area (Å²) in [7, 11) is 2.71. The number of nitrogens with two attached hydrogens (primary N) is 1. The van der Waals surface area contributed by atoms with Crippen molar-refractivity contribution in [1.29, 1.82) is 0 Å². The second kappa shape index (κ2) is 7.38. The van der Waals surface area contributed by atoms with Crippen LogP contribution < -0.4 is 5.73 Å². The molecule has 0 radical (unpaired) electrons. The molecule has 1 fully saturated rings. The standard InChI is InChI=1S/C20H20ClNO4/c1-25-19(23)17-15(11-3-7-13(21)8-4-11)18(20(24)26-2)16(17)12-5-9-14(22)10-6-12/h3-10,15-18H,22H2,1-2H3. The number of halogens is 1. The molecular formula is C20H20ClNO4. The van der Waals surface area contributed by atoms with E-state index in [1.165, 1.54) is 14.2 Å². The summed E-state index contributed by atoms with van der Waals surface area (Å²) in [6, 6.07) is 14.3. The molecule has 0 aliphatic heterocycles. The molecule has 136 valence electrons. The molecule has 6 heteroatoms. The number of esters is 2. The Bertz CT molecular complexity index is 726. The lowest BCUT2D eigenvalue weighted by molar-refractivity contribution is -0.164. The van der Waals surface area contributed by atoms with Crippen LogP contribution >= 0.6 is 11.6 Å². The molecule has 0 spiro atoms. The molecular weight excluding hydrogens is 354 g/mol. The van der Waals surface area contributed by atoms with Crippen LogP contribution in [-0.2, 0) is 19.1 Å². The molecule has 26 heavy (non-hydrogen) atoms. The first-order valence-electron chi connectivity index (χ1n) is 8.24. The lowest BCUT2D eigenvalue weighted by Gasteiger charge is -2.49. The van der Waals surface area contributed by atoms with Crippen LogP contribution in [-0.4, -0.2) is 26.2 Å². The van der Waals surface area contributed by atoms with Gasteiger partial charge in [-0.05, 0) is 35.4 Å². The Labute approximate surface area is 157 Å². The summed E-state index contributed by atoms with van der Waals surface area (Å²) >= 11 is 5.97. The number of carbonyl (C=O) groups excluding carboxylic acids is 2. The Hall–Kier alpha value is -2.53. The SMILES string of the molecule is COC(=O)C1C(c2ccc(N)cc2)C(C(=O)OC)C1c1ccc(Cl)cc1. The second-order valence-corrected chi connectivity index (χ2v) is 6.80. The van der Waals surface area contributed by atoms with E-state index in [4.69, 9.17) is 26.8 Å². The summed E-state index contributed by atoms with van der Waals surface area (Å²) < 4.78 is 10.0. The quantitative estimate of drug-likeness (QED) is 0.656. The maximum absolute atomic E-state index is 12.5. The average molecular weight is 374 g/mol. The first-order valence-corrected chi connectivity index (χ1v) is 8.62. The largest absolute Gasteiger partial charge is 0.469 e. The first-order chi connectivity index (χ1) is 12.5. The van der Waals surface area contributed by atoms with Crippen LogP contribution in [0, 0.1) is 11.8 Å². The van der Waals surface area contributed by atoms with Crippen LogP contribution in [0.5, 0.6) is 0 Å². The zero-order valence-corrected chi connectivity index (χ0v) is 15.3. The van der Waals surface area contributed by atoms with Gasteiger partial charge < -0.3 is 15.2 Å². The van der Waals surface area contributed by atoms with E-state index in [1.54, 1.807) is 24.3 Å². The highest BCUT2D eigenvalue weighted by Crippen LogP contribution is 2.58. The Balaban J connectivity index is 2.06. The van der Waals surface area contributed by atoms with Gasteiger partial charge in [-0.25, -0.2) is 0 Å². The van der Waals surface area contributed by atoms with Crippen molar-refractivity contribution in [3.8, 4) is 0 Å². The average Bonchev–Trinajstić information content (AvgIpc) is 2.63. The Morgan fingerprint density at radius 1 is 0.808 bits per heavy atom. The van der Waals surface area contributed by atoms with Gasteiger partial charge in [-0.1, -0.05) is 35.9 Å². The van der Waals surface area contributed by atoms with Crippen molar-refractivity contribution in [3.63, 3.8) is 0 Å². The summed E-state index contributed by atoms with van der Waals surface area (Å²) in [6.45, 7) is 0. The fourth-order valence-corrected chi connectivity index (χ4v) is 3.97. The molecule has 0 bridgehead atoms. The van der Waals surface area contributed by atoms with Crippen LogP contribution in [0.1, 0.15) is 23.0 Å². The summed E-state index contributed by atoms with van der Waals surface area (Å²) in [5.74, 6) is -2.37. The van der Waals surface area contributed by atoms with Crippen LogP contribution in [0.25, 0.3) is 0 Å². The normalized spacial score (nSPS) is 24.4. The minimum absolute atomic E-state index is 0.337. The van der Waals surface area contributed by atoms with Gasteiger partial charge in [0, 0.05) is 22.5 Å². The van der Waals surface area contributed by atoms with Gasteiger partial charge in [0.1, 0.15) is 0 Å². The number of carbonyl (C=O) groups is 2. The molecule has 0 saturated heterocycles. The van der Waals surface area contributed by atoms with Gasteiger partial charge in [-0.15, -0.1) is 0 Å². The third-order valence-corrected chi connectivity index (χ3v) is 5.32. The van der Waals surface area contributed by atoms with Crippen molar-refractivity contribution in [2.24, 2.45) is 11.8 Å². The van der Waals surface area contributed by atoms with Crippen molar-refractivity contribution in [2.45, 2.75) is 11.8 Å². The van der Waals surface area contributed by atoms with Gasteiger partial charge >= 0.3 is 11.9 Å². The van der Waals surface area contributed by atoms with E-state index in [-0.39, 0.29) is 23.8 Å². The van der Waals surface area contributed by atoms with E-state index >= 15 is 0 Å². The van der Waals surface area contributed by atoms with Crippen molar-refractivity contribution in [1.82, 2.24) is 0 Å². The van der Waals surface area contributed by atoms with E-state index in [9.17, 15) is 9.59 Å². The maximum atomic E-state index is 12.5. The van der Waals surface area contributed by atoms with E-state index in [2.05, 4.69) is 0 Å². The molecule has 2 atom stereocenters. The molecule has 2 unspecified atom stereocenters. The van der Waals surface area contributed by atoms with Crippen molar-refractivity contribution < 1.29 is 19.1 Å². The molecule has 2 aromatic rings. The van der Waals surface area contributed by atoms with Crippen LogP contribution in [0.15, 0.2) is 48.5 Å². The van der Waals surface area contributed by atoms with Crippen LogP contribution in [0.3, 0.4) is 0 Å². The zero-order chi connectivity index (χ0) is 18.8. The third kappa shape index (κ3) is 3.15. The number of benzene rings is 2. The smallest absolute Gasteiger partial charge is 0.309 e. The number of hydrogen-bond donors (Lipinski definition) is 1. The highest BCUT2D eigenvalue weighted by molar-refractivity contribution is 6.30. The second-order valence-electron chi connectivity index (χ2n) is 6.37. The summed E-state index contributed by atoms with van der Waals surface area (Å²) in [5, 5.41) is 0.590. The summed E-state index contributed by atoms with van der Waals surface area (Å²) in [5.41, 5.74) is 8.09. The minimum Gasteiger partial charge on any atom is -0.469 e.